The third-order valence-electron chi connectivity index (χ3n) is 7.79. The van der Waals surface area contributed by atoms with E-state index in [1.54, 1.807) is 5.57 Å². The molecule has 4 aliphatic rings. The van der Waals surface area contributed by atoms with Gasteiger partial charge in [-0.2, -0.15) is 0 Å². The SMILES string of the molecule is C#C[C@]1(O)CC[C@H]2[C@@H]3CCC4=CC(Cl)CC[C@@H]4[C@H]3CC[C@@]21C. The Kier molecular flexibility index (Phi) is 3.45. The molecule has 4 aliphatic carbocycles. The number of allylic oxidation sites excluding steroid dienone is 2. The van der Waals surface area contributed by atoms with Crippen molar-refractivity contribution in [2.75, 3.05) is 0 Å². The van der Waals surface area contributed by atoms with Crippen molar-refractivity contribution >= 4 is 11.6 Å². The molecular weight excluding hydrogens is 292 g/mol. The lowest BCUT2D eigenvalue weighted by Gasteiger charge is -2.55. The van der Waals surface area contributed by atoms with Crippen LogP contribution in [0.2, 0.25) is 0 Å². The van der Waals surface area contributed by atoms with Crippen molar-refractivity contribution in [3.8, 4) is 12.3 Å². The zero-order chi connectivity index (χ0) is 15.5. The first-order chi connectivity index (χ1) is 10.5. The van der Waals surface area contributed by atoms with Crippen LogP contribution in [0.15, 0.2) is 11.6 Å². The summed E-state index contributed by atoms with van der Waals surface area (Å²) in [5.41, 5.74) is 0.710. The van der Waals surface area contributed by atoms with Gasteiger partial charge in [-0.25, -0.2) is 0 Å². The molecule has 2 heteroatoms. The number of fused-ring (bicyclic) bond motifs is 5. The van der Waals surface area contributed by atoms with Gasteiger partial charge in [-0.1, -0.05) is 24.5 Å². The molecule has 0 radical (unpaired) electrons. The van der Waals surface area contributed by atoms with Gasteiger partial charge in [0.25, 0.3) is 0 Å². The molecule has 7 atom stereocenters. The average molecular weight is 319 g/mol. The van der Waals surface area contributed by atoms with Crippen LogP contribution in [-0.2, 0) is 0 Å². The van der Waals surface area contributed by atoms with Crippen LogP contribution in [0, 0.1) is 41.4 Å². The number of hydrogen-bond acceptors (Lipinski definition) is 1. The van der Waals surface area contributed by atoms with Crippen LogP contribution in [-0.4, -0.2) is 16.1 Å². The van der Waals surface area contributed by atoms with Gasteiger partial charge in [-0.05, 0) is 75.0 Å². The lowest BCUT2D eigenvalue weighted by atomic mass is 9.50. The van der Waals surface area contributed by atoms with Gasteiger partial charge < -0.3 is 5.11 Å². The zero-order valence-electron chi connectivity index (χ0n) is 13.5. The fourth-order valence-electron chi connectivity index (χ4n) is 6.54. The van der Waals surface area contributed by atoms with Gasteiger partial charge in [-0.3, -0.25) is 0 Å². The molecule has 1 unspecified atom stereocenters. The highest BCUT2D eigenvalue weighted by Crippen LogP contribution is 2.64. The zero-order valence-corrected chi connectivity index (χ0v) is 14.3. The van der Waals surface area contributed by atoms with Crippen molar-refractivity contribution < 1.29 is 5.11 Å². The van der Waals surface area contributed by atoms with Crippen molar-refractivity contribution in [1.82, 2.24) is 0 Å². The van der Waals surface area contributed by atoms with Crippen molar-refractivity contribution in [3.63, 3.8) is 0 Å². The molecule has 0 spiro atoms. The van der Waals surface area contributed by atoms with E-state index in [4.69, 9.17) is 18.0 Å². The second-order valence-electron chi connectivity index (χ2n) is 8.41. The van der Waals surface area contributed by atoms with Crippen LogP contribution >= 0.6 is 11.6 Å². The van der Waals surface area contributed by atoms with Gasteiger partial charge in [-0.15, -0.1) is 18.0 Å². The van der Waals surface area contributed by atoms with E-state index in [1.807, 2.05) is 0 Å². The van der Waals surface area contributed by atoms with Crippen LogP contribution in [0.25, 0.3) is 0 Å². The molecule has 0 aliphatic heterocycles. The molecule has 0 aromatic rings. The van der Waals surface area contributed by atoms with Gasteiger partial charge in [0.15, 0.2) is 0 Å². The maximum atomic E-state index is 10.9. The minimum Gasteiger partial charge on any atom is -0.377 e. The Morgan fingerprint density at radius 3 is 2.77 bits per heavy atom. The van der Waals surface area contributed by atoms with Gasteiger partial charge in [0, 0.05) is 5.41 Å². The molecule has 120 valence electrons. The highest BCUT2D eigenvalue weighted by atomic mass is 35.5. The predicted molar refractivity (Wildman–Crippen MR) is 90.5 cm³/mol. The normalized spacial score (nSPS) is 53.7. The fraction of sp³-hybridized carbons (Fsp3) is 0.800. The van der Waals surface area contributed by atoms with E-state index in [1.165, 1.54) is 25.7 Å². The Hall–Kier alpha value is -0.450. The van der Waals surface area contributed by atoms with Gasteiger partial charge >= 0.3 is 0 Å². The van der Waals surface area contributed by atoms with E-state index in [2.05, 4.69) is 18.9 Å². The minimum absolute atomic E-state index is 0.0617. The monoisotopic (exact) mass is 318 g/mol. The number of alkyl halides is 1. The Labute approximate surface area is 139 Å². The molecule has 0 bridgehead atoms. The first kappa shape index (κ1) is 15.1. The predicted octanol–water partition coefficient (Wildman–Crippen LogP) is 4.53. The highest BCUT2D eigenvalue weighted by molar-refractivity contribution is 6.21. The topological polar surface area (TPSA) is 20.2 Å². The number of hydrogen-bond donors (Lipinski definition) is 1. The van der Waals surface area contributed by atoms with E-state index < -0.39 is 5.60 Å². The van der Waals surface area contributed by atoms with E-state index >= 15 is 0 Å². The van der Waals surface area contributed by atoms with Crippen LogP contribution in [0.4, 0.5) is 0 Å². The molecule has 0 amide bonds. The molecule has 1 nitrogen and oxygen atoms in total. The highest BCUT2D eigenvalue weighted by Gasteiger charge is 2.61. The lowest BCUT2D eigenvalue weighted by Crippen LogP contribution is -2.52. The molecule has 0 heterocycles. The molecule has 22 heavy (non-hydrogen) atoms. The first-order valence-corrected chi connectivity index (χ1v) is 9.47. The standard InChI is InChI=1S/C20H27ClO/c1-3-20(22)11-9-18-17-6-4-13-12-14(21)5-7-15(13)16(17)8-10-19(18,20)2/h1,12,14-18,22H,4-11H2,2H3/t14?,15-,16+,17+,18-,19-,20-/m0/s1. The quantitative estimate of drug-likeness (QED) is 0.395. The summed E-state index contributed by atoms with van der Waals surface area (Å²) in [5.74, 6) is 5.71. The Morgan fingerprint density at radius 2 is 2.00 bits per heavy atom. The molecule has 3 saturated carbocycles. The van der Waals surface area contributed by atoms with E-state index in [9.17, 15) is 5.11 Å². The van der Waals surface area contributed by atoms with Gasteiger partial charge in [0.1, 0.15) is 5.60 Å². The summed E-state index contributed by atoms with van der Waals surface area (Å²) in [7, 11) is 0. The Balaban J connectivity index is 1.64. The summed E-state index contributed by atoms with van der Waals surface area (Å²) in [4.78, 5) is 0. The first-order valence-electron chi connectivity index (χ1n) is 9.03. The van der Waals surface area contributed by atoms with Gasteiger partial charge in [0.2, 0.25) is 0 Å². The summed E-state index contributed by atoms with van der Waals surface area (Å²) < 4.78 is 0. The second kappa shape index (κ2) is 5.02. The smallest absolute Gasteiger partial charge is 0.130 e. The Bertz CT molecular complexity index is 546. The van der Waals surface area contributed by atoms with Crippen molar-refractivity contribution in [2.45, 2.75) is 69.3 Å². The summed E-state index contributed by atoms with van der Waals surface area (Å²) in [6, 6.07) is 0. The number of halogens is 1. The van der Waals surface area contributed by atoms with Gasteiger partial charge in [0.05, 0.1) is 5.38 Å². The third kappa shape index (κ3) is 1.90. The molecule has 0 aromatic heterocycles. The molecular formula is C20H27ClO. The average Bonchev–Trinajstić information content (AvgIpc) is 2.79. The van der Waals surface area contributed by atoms with Crippen LogP contribution in [0.5, 0.6) is 0 Å². The molecule has 0 saturated heterocycles. The van der Waals surface area contributed by atoms with E-state index in [0.29, 0.717) is 5.92 Å². The summed E-state index contributed by atoms with van der Waals surface area (Å²) in [5, 5.41) is 11.2. The van der Waals surface area contributed by atoms with Crippen LogP contribution < -0.4 is 0 Å². The van der Waals surface area contributed by atoms with E-state index in [-0.39, 0.29) is 10.8 Å². The minimum atomic E-state index is -0.868. The number of rotatable bonds is 0. The summed E-state index contributed by atoms with van der Waals surface area (Å²) in [6.07, 6.45) is 17.2. The maximum Gasteiger partial charge on any atom is 0.130 e. The maximum absolute atomic E-state index is 10.9. The summed E-state index contributed by atoms with van der Waals surface area (Å²) >= 11 is 6.35. The molecule has 3 fully saturated rings. The molecule has 1 N–H and O–H groups in total. The summed E-state index contributed by atoms with van der Waals surface area (Å²) in [6.45, 7) is 2.27. The Morgan fingerprint density at radius 1 is 1.18 bits per heavy atom. The molecule has 0 aromatic carbocycles. The lowest BCUT2D eigenvalue weighted by molar-refractivity contribution is -0.0856. The van der Waals surface area contributed by atoms with E-state index in [0.717, 1.165) is 43.4 Å². The largest absolute Gasteiger partial charge is 0.377 e. The van der Waals surface area contributed by atoms with Crippen LogP contribution in [0.3, 0.4) is 0 Å². The van der Waals surface area contributed by atoms with Crippen molar-refractivity contribution in [3.05, 3.63) is 11.6 Å². The van der Waals surface area contributed by atoms with Crippen molar-refractivity contribution in [1.29, 1.82) is 0 Å². The number of terminal acetylenes is 1. The second-order valence-corrected chi connectivity index (χ2v) is 8.97. The fourth-order valence-corrected chi connectivity index (χ4v) is 6.83. The molecule has 4 rings (SSSR count). The number of aliphatic hydroxyl groups is 1. The van der Waals surface area contributed by atoms with Crippen LogP contribution in [0.1, 0.15) is 58.3 Å². The third-order valence-corrected chi connectivity index (χ3v) is 8.13. The van der Waals surface area contributed by atoms with Crippen molar-refractivity contribution in [2.24, 2.45) is 29.1 Å².